The molecule has 0 unspecified atom stereocenters. The first-order valence-corrected chi connectivity index (χ1v) is 12.6. The summed E-state index contributed by atoms with van der Waals surface area (Å²) in [6.07, 6.45) is 1.88. The average Bonchev–Trinajstić information content (AvgIpc) is 2.85. The zero-order chi connectivity index (χ0) is 23.3. The smallest absolute Gasteiger partial charge is 0.261 e. The normalized spacial score (nSPS) is 14.6. The van der Waals surface area contributed by atoms with Gasteiger partial charge in [-0.25, -0.2) is 8.42 Å². The van der Waals surface area contributed by atoms with Crippen molar-refractivity contribution >= 4 is 21.6 Å². The Morgan fingerprint density at radius 3 is 2.18 bits per heavy atom. The zero-order valence-electron chi connectivity index (χ0n) is 18.6. The largest absolute Gasteiger partial charge is 0.494 e. The molecule has 0 aromatic heterocycles. The minimum atomic E-state index is -3.73. The fourth-order valence-electron chi connectivity index (χ4n) is 4.10. The molecule has 0 spiro atoms. The summed E-state index contributed by atoms with van der Waals surface area (Å²) in [4.78, 5) is 14.9. The topological polar surface area (TPSA) is 75.7 Å². The predicted molar refractivity (Wildman–Crippen MR) is 129 cm³/mol. The Hall–Kier alpha value is -3.32. The van der Waals surface area contributed by atoms with E-state index in [1.54, 1.807) is 36.4 Å². The van der Waals surface area contributed by atoms with Gasteiger partial charge in [0.1, 0.15) is 5.75 Å². The summed E-state index contributed by atoms with van der Waals surface area (Å²) in [6, 6.07) is 23.3. The van der Waals surface area contributed by atoms with Crippen LogP contribution in [0.4, 0.5) is 5.69 Å². The number of hydrogen-bond donors (Lipinski definition) is 1. The molecule has 3 aromatic carbocycles. The fourth-order valence-corrected chi connectivity index (χ4v) is 5.16. The van der Waals surface area contributed by atoms with Crippen LogP contribution in [0.3, 0.4) is 0 Å². The number of ether oxygens (including phenoxy) is 1. The van der Waals surface area contributed by atoms with E-state index >= 15 is 0 Å². The van der Waals surface area contributed by atoms with E-state index in [0.29, 0.717) is 42.6 Å². The van der Waals surface area contributed by atoms with E-state index in [1.165, 1.54) is 17.7 Å². The number of benzene rings is 3. The van der Waals surface area contributed by atoms with Crippen molar-refractivity contribution in [3.8, 4) is 5.75 Å². The van der Waals surface area contributed by atoms with Crippen LogP contribution in [0.5, 0.6) is 5.75 Å². The first-order chi connectivity index (χ1) is 16.0. The zero-order valence-corrected chi connectivity index (χ0v) is 19.4. The quantitative estimate of drug-likeness (QED) is 0.539. The lowest BCUT2D eigenvalue weighted by molar-refractivity contribution is 0.0713. The highest BCUT2D eigenvalue weighted by Gasteiger charge is 2.24. The summed E-state index contributed by atoms with van der Waals surface area (Å²) in [5, 5.41) is 0. The van der Waals surface area contributed by atoms with Crippen LogP contribution in [-0.4, -0.2) is 38.9 Å². The van der Waals surface area contributed by atoms with Gasteiger partial charge in [-0.15, -0.1) is 0 Å². The van der Waals surface area contributed by atoms with Gasteiger partial charge in [-0.3, -0.25) is 9.52 Å². The number of carbonyl (C=O) groups is 1. The van der Waals surface area contributed by atoms with Crippen molar-refractivity contribution in [2.24, 2.45) is 0 Å². The Labute approximate surface area is 195 Å². The van der Waals surface area contributed by atoms with Gasteiger partial charge >= 0.3 is 0 Å². The second-order valence-corrected chi connectivity index (χ2v) is 9.75. The van der Waals surface area contributed by atoms with Gasteiger partial charge in [-0.05, 0) is 79.8 Å². The highest BCUT2D eigenvalue weighted by atomic mass is 32.2. The Bertz CT molecular complexity index is 1170. The molecule has 0 bridgehead atoms. The second kappa shape index (κ2) is 10.1. The number of amides is 1. The Kier molecular flexibility index (Phi) is 6.99. The van der Waals surface area contributed by atoms with Crippen LogP contribution in [0, 0.1) is 0 Å². The molecule has 1 N–H and O–H groups in total. The monoisotopic (exact) mass is 464 g/mol. The molecule has 0 radical (unpaired) electrons. The van der Waals surface area contributed by atoms with Crippen LogP contribution in [0.25, 0.3) is 0 Å². The van der Waals surface area contributed by atoms with Crippen LogP contribution in [0.2, 0.25) is 0 Å². The maximum atomic E-state index is 12.9. The Morgan fingerprint density at radius 2 is 1.58 bits per heavy atom. The molecule has 0 atom stereocenters. The van der Waals surface area contributed by atoms with Gasteiger partial charge in [0.25, 0.3) is 15.9 Å². The third-order valence-electron chi connectivity index (χ3n) is 5.88. The molecule has 1 aliphatic rings. The minimum absolute atomic E-state index is 0.0255. The molecule has 172 valence electrons. The first kappa shape index (κ1) is 22.9. The standard InChI is InChI=1S/C26H28N2O4S/c1-2-32-24-12-14-25(15-13-24)33(30,31)27-23-10-8-22(9-11-23)26(29)28-18-16-21(17-19-28)20-6-4-3-5-7-20/h3-15,21,27H,2,16-19H2,1H3. The molecule has 1 amide bonds. The lowest BCUT2D eigenvalue weighted by Crippen LogP contribution is -2.37. The average molecular weight is 465 g/mol. The number of carbonyl (C=O) groups excluding carboxylic acids is 1. The van der Waals surface area contributed by atoms with Crippen LogP contribution >= 0.6 is 0 Å². The van der Waals surface area contributed by atoms with Gasteiger partial charge in [0, 0.05) is 24.3 Å². The number of piperidine rings is 1. The van der Waals surface area contributed by atoms with Crippen molar-refractivity contribution in [3.63, 3.8) is 0 Å². The number of hydrogen-bond acceptors (Lipinski definition) is 4. The number of nitrogens with zero attached hydrogens (tertiary/aromatic N) is 1. The molecule has 7 heteroatoms. The van der Waals surface area contributed by atoms with Crippen molar-refractivity contribution in [3.05, 3.63) is 90.0 Å². The third-order valence-corrected chi connectivity index (χ3v) is 7.28. The highest BCUT2D eigenvalue weighted by Crippen LogP contribution is 2.28. The Morgan fingerprint density at radius 1 is 0.939 bits per heavy atom. The van der Waals surface area contributed by atoms with E-state index in [1.807, 2.05) is 17.9 Å². The SMILES string of the molecule is CCOc1ccc(S(=O)(=O)Nc2ccc(C(=O)N3CCC(c4ccccc4)CC3)cc2)cc1. The molecule has 33 heavy (non-hydrogen) atoms. The van der Waals surface area contributed by atoms with Crippen molar-refractivity contribution < 1.29 is 17.9 Å². The van der Waals surface area contributed by atoms with Crippen molar-refractivity contribution in [2.75, 3.05) is 24.4 Å². The summed E-state index contributed by atoms with van der Waals surface area (Å²) in [7, 11) is -3.73. The van der Waals surface area contributed by atoms with Crippen molar-refractivity contribution in [1.82, 2.24) is 4.90 Å². The molecule has 1 heterocycles. The van der Waals surface area contributed by atoms with Gasteiger partial charge < -0.3 is 9.64 Å². The molecule has 0 aliphatic carbocycles. The van der Waals surface area contributed by atoms with Gasteiger partial charge in [0.2, 0.25) is 0 Å². The third kappa shape index (κ3) is 5.54. The van der Waals surface area contributed by atoms with E-state index in [-0.39, 0.29) is 10.8 Å². The maximum absolute atomic E-state index is 12.9. The van der Waals surface area contributed by atoms with Gasteiger partial charge in [-0.1, -0.05) is 30.3 Å². The number of sulfonamides is 1. The van der Waals surface area contributed by atoms with E-state index in [4.69, 9.17) is 4.74 Å². The number of rotatable bonds is 7. The molecule has 3 aromatic rings. The minimum Gasteiger partial charge on any atom is -0.494 e. The summed E-state index contributed by atoms with van der Waals surface area (Å²) >= 11 is 0. The Balaban J connectivity index is 1.36. The second-order valence-electron chi connectivity index (χ2n) is 8.06. The van der Waals surface area contributed by atoms with Crippen molar-refractivity contribution in [2.45, 2.75) is 30.6 Å². The van der Waals surface area contributed by atoms with Crippen LogP contribution < -0.4 is 9.46 Å². The van der Waals surface area contributed by atoms with E-state index in [0.717, 1.165) is 12.8 Å². The highest BCUT2D eigenvalue weighted by molar-refractivity contribution is 7.92. The molecule has 1 fully saturated rings. The van der Waals surface area contributed by atoms with Crippen LogP contribution in [0.15, 0.2) is 83.8 Å². The molecule has 1 saturated heterocycles. The van der Waals surface area contributed by atoms with Gasteiger partial charge in [0.05, 0.1) is 11.5 Å². The van der Waals surface area contributed by atoms with E-state index in [9.17, 15) is 13.2 Å². The number of nitrogens with one attached hydrogen (secondary N) is 1. The summed E-state index contributed by atoms with van der Waals surface area (Å²) in [6.45, 7) is 3.81. The van der Waals surface area contributed by atoms with Crippen molar-refractivity contribution in [1.29, 1.82) is 0 Å². The van der Waals surface area contributed by atoms with Gasteiger partial charge in [-0.2, -0.15) is 0 Å². The predicted octanol–water partition coefficient (Wildman–Crippen LogP) is 4.91. The number of likely N-dealkylation sites (tertiary alicyclic amines) is 1. The molecule has 0 saturated carbocycles. The first-order valence-electron chi connectivity index (χ1n) is 11.2. The lowest BCUT2D eigenvalue weighted by atomic mass is 9.89. The maximum Gasteiger partial charge on any atom is 0.261 e. The van der Waals surface area contributed by atoms with Crippen LogP contribution in [0.1, 0.15) is 41.6 Å². The molecule has 1 aliphatic heterocycles. The number of anilines is 1. The van der Waals surface area contributed by atoms with E-state index < -0.39 is 10.0 Å². The molecular formula is C26H28N2O4S. The lowest BCUT2D eigenvalue weighted by Gasteiger charge is -2.32. The van der Waals surface area contributed by atoms with E-state index in [2.05, 4.69) is 29.0 Å². The fraction of sp³-hybridized carbons (Fsp3) is 0.269. The molecular weight excluding hydrogens is 436 g/mol. The molecule has 6 nitrogen and oxygen atoms in total. The summed E-state index contributed by atoms with van der Waals surface area (Å²) in [5.74, 6) is 1.07. The van der Waals surface area contributed by atoms with Crippen LogP contribution in [-0.2, 0) is 10.0 Å². The summed E-state index contributed by atoms with van der Waals surface area (Å²) < 4.78 is 33.2. The van der Waals surface area contributed by atoms with Gasteiger partial charge in [0.15, 0.2) is 0 Å². The molecule has 4 rings (SSSR count). The summed E-state index contributed by atoms with van der Waals surface area (Å²) in [5.41, 5.74) is 2.29.